The van der Waals surface area contributed by atoms with Gasteiger partial charge in [-0.15, -0.1) is 0 Å². The molecule has 1 aliphatic rings. The van der Waals surface area contributed by atoms with Crippen molar-refractivity contribution in [1.29, 1.82) is 0 Å². The van der Waals surface area contributed by atoms with Crippen molar-refractivity contribution >= 4 is 25.9 Å². The number of imide groups is 1. The first-order valence-corrected chi connectivity index (χ1v) is 13.8. The van der Waals surface area contributed by atoms with Crippen LogP contribution in [0.4, 0.5) is 10.5 Å². The highest BCUT2D eigenvalue weighted by atomic mass is 28.3. The van der Waals surface area contributed by atoms with Gasteiger partial charge in [0, 0.05) is 5.69 Å². The van der Waals surface area contributed by atoms with Crippen LogP contribution >= 0.6 is 0 Å². The van der Waals surface area contributed by atoms with Gasteiger partial charge in [-0.2, -0.15) is 0 Å². The van der Waals surface area contributed by atoms with Gasteiger partial charge in [-0.1, -0.05) is 88.6 Å². The fraction of sp³-hybridized carbons (Fsp3) is 0.440. The van der Waals surface area contributed by atoms with E-state index in [1.165, 1.54) is 0 Å². The average molecular weight is 423 g/mol. The lowest BCUT2D eigenvalue weighted by atomic mass is 9.90. The van der Waals surface area contributed by atoms with Gasteiger partial charge in [-0.05, 0) is 42.8 Å². The lowest BCUT2D eigenvalue weighted by molar-refractivity contribution is -0.127. The lowest BCUT2D eigenvalue weighted by Crippen LogP contribution is -2.57. The highest BCUT2D eigenvalue weighted by molar-refractivity contribution is 6.82. The standard InChI is InChI=1S/C25H34N2O2Si/c1-5-18-30(19-6-2,20-7-3)27-23(28)25(4,21-14-10-8-11-15-21)26(24(27)29)22-16-12-9-13-17-22/h8-17H,5-7,18-20H2,1-4H3. The zero-order valence-electron chi connectivity index (χ0n) is 18.7. The molecule has 3 amide bonds. The maximum Gasteiger partial charge on any atom is 0.324 e. The van der Waals surface area contributed by atoms with Crippen LogP contribution in [-0.2, 0) is 10.3 Å². The van der Waals surface area contributed by atoms with E-state index < -0.39 is 13.8 Å². The van der Waals surface area contributed by atoms with Crippen molar-refractivity contribution in [2.75, 3.05) is 4.90 Å². The van der Waals surface area contributed by atoms with Crippen molar-refractivity contribution < 1.29 is 9.59 Å². The van der Waals surface area contributed by atoms with E-state index in [1.54, 1.807) is 9.47 Å². The summed E-state index contributed by atoms with van der Waals surface area (Å²) in [6, 6.07) is 22.2. The van der Waals surface area contributed by atoms with E-state index >= 15 is 0 Å². The van der Waals surface area contributed by atoms with Crippen molar-refractivity contribution in [2.24, 2.45) is 0 Å². The molecule has 1 unspecified atom stereocenters. The summed E-state index contributed by atoms with van der Waals surface area (Å²) in [5.41, 5.74) is 0.604. The second kappa shape index (κ2) is 9.17. The molecule has 0 aromatic heterocycles. The Kier molecular flexibility index (Phi) is 6.81. The summed E-state index contributed by atoms with van der Waals surface area (Å²) in [5.74, 6) is -0.0513. The average Bonchev–Trinajstić information content (AvgIpc) is 2.96. The molecule has 0 N–H and O–H groups in total. The second-order valence-electron chi connectivity index (χ2n) is 8.51. The number of carbonyl (C=O) groups excluding carboxylic acids is 2. The SMILES string of the molecule is CCC[Si](CCC)(CCC)N1C(=O)N(c2ccccc2)C(C)(c2ccccc2)C1=O. The Morgan fingerprint density at radius 3 is 1.70 bits per heavy atom. The molecule has 3 rings (SSSR count). The van der Waals surface area contributed by atoms with E-state index in [9.17, 15) is 9.59 Å². The zero-order valence-corrected chi connectivity index (χ0v) is 19.7. The van der Waals surface area contributed by atoms with E-state index in [0.29, 0.717) is 0 Å². The Balaban J connectivity index is 2.22. The molecular weight excluding hydrogens is 388 g/mol. The molecule has 0 aliphatic carbocycles. The fourth-order valence-electron chi connectivity index (χ4n) is 5.18. The van der Waals surface area contributed by atoms with Gasteiger partial charge in [-0.25, -0.2) is 4.79 Å². The molecule has 4 nitrogen and oxygen atoms in total. The van der Waals surface area contributed by atoms with Crippen LogP contribution in [0.3, 0.4) is 0 Å². The molecule has 2 aromatic carbocycles. The molecule has 1 saturated heterocycles. The Morgan fingerprint density at radius 1 is 0.767 bits per heavy atom. The summed E-state index contributed by atoms with van der Waals surface area (Å²) in [7, 11) is -2.29. The van der Waals surface area contributed by atoms with Crippen LogP contribution in [0.2, 0.25) is 18.1 Å². The molecule has 30 heavy (non-hydrogen) atoms. The number of nitrogens with zero attached hydrogens (tertiary/aromatic N) is 2. The van der Waals surface area contributed by atoms with E-state index in [2.05, 4.69) is 20.8 Å². The van der Waals surface area contributed by atoms with Gasteiger partial charge in [0.15, 0.2) is 13.8 Å². The maximum atomic E-state index is 14.2. The number of para-hydroxylation sites is 1. The molecule has 1 heterocycles. The Morgan fingerprint density at radius 2 is 1.23 bits per heavy atom. The van der Waals surface area contributed by atoms with Crippen LogP contribution in [0.25, 0.3) is 0 Å². The van der Waals surface area contributed by atoms with Gasteiger partial charge in [0.1, 0.15) is 0 Å². The van der Waals surface area contributed by atoms with Crippen molar-refractivity contribution in [2.45, 2.75) is 70.6 Å². The number of urea groups is 1. The number of anilines is 1. The molecule has 0 saturated carbocycles. The molecule has 2 aromatic rings. The predicted molar refractivity (Wildman–Crippen MR) is 126 cm³/mol. The van der Waals surface area contributed by atoms with Crippen molar-refractivity contribution in [3.05, 3.63) is 66.2 Å². The van der Waals surface area contributed by atoms with Gasteiger partial charge < -0.3 is 0 Å². The van der Waals surface area contributed by atoms with Crippen LogP contribution in [-0.4, -0.2) is 24.7 Å². The van der Waals surface area contributed by atoms with E-state index in [0.717, 1.165) is 48.6 Å². The first-order valence-electron chi connectivity index (χ1n) is 11.3. The number of rotatable bonds is 9. The van der Waals surface area contributed by atoms with Crippen LogP contribution in [0, 0.1) is 0 Å². The zero-order chi connectivity index (χ0) is 21.8. The largest absolute Gasteiger partial charge is 0.324 e. The van der Waals surface area contributed by atoms with Crippen LogP contribution in [0.5, 0.6) is 0 Å². The highest BCUT2D eigenvalue weighted by Crippen LogP contribution is 2.45. The molecule has 0 spiro atoms. The van der Waals surface area contributed by atoms with E-state index in [1.807, 2.05) is 67.6 Å². The number of amides is 3. The number of hydrogen-bond donors (Lipinski definition) is 0. The van der Waals surface area contributed by atoms with E-state index in [-0.39, 0.29) is 11.9 Å². The minimum atomic E-state index is -2.29. The lowest BCUT2D eigenvalue weighted by Gasteiger charge is -2.38. The molecule has 1 aliphatic heterocycles. The number of benzene rings is 2. The molecule has 1 atom stereocenters. The minimum Gasteiger partial charge on any atom is -0.291 e. The number of hydrogen-bond acceptors (Lipinski definition) is 2. The summed E-state index contributed by atoms with van der Waals surface area (Å²) in [5, 5.41) is 0. The summed E-state index contributed by atoms with van der Waals surface area (Å²) >= 11 is 0. The highest BCUT2D eigenvalue weighted by Gasteiger charge is 2.61. The molecule has 5 heteroatoms. The van der Waals surface area contributed by atoms with Gasteiger partial charge in [0.2, 0.25) is 0 Å². The van der Waals surface area contributed by atoms with Gasteiger partial charge in [0.05, 0.1) is 0 Å². The third kappa shape index (κ3) is 3.60. The smallest absolute Gasteiger partial charge is 0.291 e. The molecular formula is C25H34N2O2Si. The van der Waals surface area contributed by atoms with Gasteiger partial charge in [-0.3, -0.25) is 14.3 Å². The Bertz CT molecular complexity index is 854. The van der Waals surface area contributed by atoms with Gasteiger partial charge in [0.25, 0.3) is 5.91 Å². The molecule has 160 valence electrons. The third-order valence-corrected chi connectivity index (χ3v) is 12.1. The second-order valence-corrected chi connectivity index (χ2v) is 12.9. The first-order chi connectivity index (χ1) is 14.5. The fourth-order valence-corrected chi connectivity index (χ4v) is 10.5. The summed E-state index contributed by atoms with van der Waals surface area (Å²) in [6.07, 6.45) is 2.99. The van der Waals surface area contributed by atoms with Crippen LogP contribution in [0.1, 0.15) is 52.5 Å². The summed E-state index contributed by atoms with van der Waals surface area (Å²) in [4.78, 5) is 30.0. The summed E-state index contributed by atoms with van der Waals surface area (Å²) in [6.45, 7) is 8.43. The first kappa shape index (κ1) is 22.3. The Labute approximate surface area is 182 Å². The maximum absolute atomic E-state index is 14.2. The Hall–Kier alpha value is -2.40. The third-order valence-electron chi connectivity index (χ3n) is 6.42. The predicted octanol–water partition coefficient (Wildman–Crippen LogP) is 6.55. The van der Waals surface area contributed by atoms with Crippen molar-refractivity contribution in [3.63, 3.8) is 0 Å². The minimum absolute atomic E-state index is 0.0513. The molecule has 0 bridgehead atoms. The number of carbonyl (C=O) groups is 2. The van der Waals surface area contributed by atoms with E-state index in [4.69, 9.17) is 0 Å². The topological polar surface area (TPSA) is 40.6 Å². The van der Waals surface area contributed by atoms with Crippen molar-refractivity contribution in [1.82, 2.24) is 4.57 Å². The molecule has 0 radical (unpaired) electrons. The normalized spacial score (nSPS) is 19.6. The van der Waals surface area contributed by atoms with Crippen molar-refractivity contribution in [3.8, 4) is 0 Å². The van der Waals surface area contributed by atoms with Crippen LogP contribution in [0.15, 0.2) is 60.7 Å². The monoisotopic (exact) mass is 422 g/mol. The quantitative estimate of drug-likeness (QED) is 0.340. The summed E-state index contributed by atoms with van der Waals surface area (Å²) < 4.78 is 1.77. The van der Waals surface area contributed by atoms with Gasteiger partial charge >= 0.3 is 6.03 Å². The van der Waals surface area contributed by atoms with Crippen LogP contribution < -0.4 is 4.90 Å². The molecule has 1 fully saturated rings.